The van der Waals surface area contributed by atoms with E-state index in [4.69, 9.17) is 5.90 Å². The van der Waals surface area contributed by atoms with Gasteiger partial charge in [0.15, 0.2) is 0 Å². The minimum absolute atomic E-state index is 0.143. The molecular weight excluding hydrogens is 192 g/mol. The summed E-state index contributed by atoms with van der Waals surface area (Å²) in [5.41, 5.74) is 0. The van der Waals surface area contributed by atoms with E-state index in [9.17, 15) is 8.42 Å². The largest absolute Gasteiger partial charge is 0.300 e. The Morgan fingerprint density at radius 1 is 1.62 bits per heavy atom. The monoisotopic (exact) mass is 208 g/mol. The summed E-state index contributed by atoms with van der Waals surface area (Å²) >= 11 is 0. The second-order valence-corrected chi connectivity index (χ2v) is 5.42. The fourth-order valence-electron chi connectivity index (χ4n) is 1.45. The topological polar surface area (TPSA) is 72.6 Å². The van der Waals surface area contributed by atoms with Crippen LogP contribution in [0, 0.1) is 0 Å². The predicted octanol–water partition coefficient (Wildman–Crippen LogP) is -0.309. The van der Waals surface area contributed by atoms with Crippen molar-refractivity contribution in [1.29, 1.82) is 0 Å². The van der Waals surface area contributed by atoms with Gasteiger partial charge in [-0.15, -0.1) is 0 Å². The summed E-state index contributed by atoms with van der Waals surface area (Å²) in [6.07, 6.45) is 1.52. The lowest BCUT2D eigenvalue weighted by atomic mass is 10.1. The van der Waals surface area contributed by atoms with Gasteiger partial charge in [-0.2, -0.15) is 4.31 Å². The highest BCUT2D eigenvalue weighted by Gasteiger charge is 2.27. The van der Waals surface area contributed by atoms with Crippen LogP contribution in [0.2, 0.25) is 0 Å². The van der Waals surface area contributed by atoms with Gasteiger partial charge in [-0.25, -0.2) is 14.3 Å². The number of nitrogens with zero attached hydrogens (tertiary/aromatic N) is 1. The summed E-state index contributed by atoms with van der Waals surface area (Å²) in [7, 11) is -3.07. The zero-order valence-corrected chi connectivity index (χ0v) is 8.59. The van der Waals surface area contributed by atoms with Crippen molar-refractivity contribution >= 4 is 10.0 Å². The smallest absolute Gasteiger partial charge is 0.213 e. The highest BCUT2D eigenvalue weighted by molar-refractivity contribution is 7.89. The number of rotatable bonds is 3. The standard InChI is InChI=1S/C7H16N2O3S/c1-2-13(10,11)9-5-3-4-7(6-9)12-8/h7H,2-6,8H2,1H3. The van der Waals surface area contributed by atoms with E-state index in [1.165, 1.54) is 4.31 Å². The molecule has 0 aromatic heterocycles. The molecule has 0 aliphatic carbocycles. The van der Waals surface area contributed by atoms with Crippen molar-refractivity contribution in [3.05, 3.63) is 0 Å². The van der Waals surface area contributed by atoms with Gasteiger partial charge in [-0.05, 0) is 19.8 Å². The van der Waals surface area contributed by atoms with Crippen molar-refractivity contribution < 1.29 is 13.3 Å². The molecule has 1 fully saturated rings. The van der Waals surface area contributed by atoms with Crippen LogP contribution in [0.4, 0.5) is 0 Å². The van der Waals surface area contributed by atoms with Gasteiger partial charge in [0, 0.05) is 13.1 Å². The Bertz CT molecular complexity index is 252. The van der Waals surface area contributed by atoms with Crippen LogP contribution in [0.15, 0.2) is 0 Å². The molecule has 0 radical (unpaired) electrons. The maximum atomic E-state index is 11.4. The van der Waals surface area contributed by atoms with Crippen LogP contribution < -0.4 is 5.90 Å². The molecule has 1 unspecified atom stereocenters. The molecule has 2 N–H and O–H groups in total. The van der Waals surface area contributed by atoms with Crippen molar-refractivity contribution in [3.63, 3.8) is 0 Å². The Hall–Kier alpha value is -0.170. The number of sulfonamides is 1. The molecule has 5 nitrogen and oxygen atoms in total. The van der Waals surface area contributed by atoms with Gasteiger partial charge < -0.3 is 0 Å². The molecule has 6 heteroatoms. The van der Waals surface area contributed by atoms with Gasteiger partial charge in [0.1, 0.15) is 0 Å². The molecule has 1 aliphatic heterocycles. The summed E-state index contributed by atoms with van der Waals surface area (Å²) < 4.78 is 24.3. The highest BCUT2D eigenvalue weighted by Crippen LogP contribution is 2.15. The molecular formula is C7H16N2O3S. The number of piperidine rings is 1. The van der Waals surface area contributed by atoms with Crippen molar-refractivity contribution in [1.82, 2.24) is 4.31 Å². The zero-order valence-electron chi connectivity index (χ0n) is 7.77. The second-order valence-electron chi connectivity index (χ2n) is 3.16. The molecule has 1 atom stereocenters. The summed E-state index contributed by atoms with van der Waals surface area (Å²) in [5, 5.41) is 0. The van der Waals surface area contributed by atoms with E-state index in [1.807, 2.05) is 0 Å². The summed E-state index contributed by atoms with van der Waals surface area (Å²) in [6, 6.07) is 0. The fraction of sp³-hybridized carbons (Fsp3) is 1.00. The third-order valence-corrected chi connectivity index (χ3v) is 4.14. The average Bonchev–Trinajstić information content (AvgIpc) is 2.18. The van der Waals surface area contributed by atoms with Crippen LogP contribution in [-0.4, -0.2) is 37.7 Å². The van der Waals surface area contributed by atoms with E-state index in [1.54, 1.807) is 6.92 Å². The first-order valence-corrected chi connectivity index (χ1v) is 6.04. The van der Waals surface area contributed by atoms with Crippen LogP contribution in [0.5, 0.6) is 0 Å². The Morgan fingerprint density at radius 3 is 2.85 bits per heavy atom. The average molecular weight is 208 g/mol. The van der Waals surface area contributed by atoms with E-state index in [-0.39, 0.29) is 11.9 Å². The minimum atomic E-state index is -3.07. The van der Waals surface area contributed by atoms with E-state index in [0.717, 1.165) is 12.8 Å². The van der Waals surface area contributed by atoms with Gasteiger partial charge >= 0.3 is 0 Å². The Morgan fingerprint density at radius 2 is 2.31 bits per heavy atom. The number of hydrogen-bond donors (Lipinski definition) is 1. The lowest BCUT2D eigenvalue weighted by Crippen LogP contribution is -2.44. The molecule has 0 saturated carbocycles. The Balaban J connectivity index is 2.61. The maximum absolute atomic E-state index is 11.4. The van der Waals surface area contributed by atoms with Gasteiger partial charge in [-0.1, -0.05) is 0 Å². The zero-order chi connectivity index (χ0) is 9.90. The molecule has 1 aliphatic rings. The van der Waals surface area contributed by atoms with Crippen LogP contribution >= 0.6 is 0 Å². The van der Waals surface area contributed by atoms with E-state index in [2.05, 4.69) is 4.84 Å². The van der Waals surface area contributed by atoms with Gasteiger partial charge in [0.25, 0.3) is 0 Å². The Kier molecular flexibility index (Phi) is 3.66. The van der Waals surface area contributed by atoms with Crippen molar-refractivity contribution in [3.8, 4) is 0 Å². The van der Waals surface area contributed by atoms with E-state index < -0.39 is 10.0 Å². The number of hydrogen-bond acceptors (Lipinski definition) is 4. The highest BCUT2D eigenvalue weighted by atomic mass is 32.2. The summed E-state index contributed by atoms with van der Waals surface area (Å²) in [5.74, 6) is 5.17. The fourth-order valence-corrected chi connectivity index (χ4v) is 2.62. The van der Waals surface area contributed by atoms with Gasteiger partial charge in [0.2, 0.25) is 10.0 Å². The molecule has 1 saturated heterocycles. The lowest BCUT2D eigenvalue weighted by Gasteiger charge is -2.30. The van der Waals surface area contributed by atoms with Crippen LogP contribution in [0.1, 0.15) is 19.8 Å². The first-order valence-electron chi connectivity index (χ1n) is 4.43. The third kappa shape index (κ3) is 2.63. The molecule has 0 bridgehead atoms. The number of nitrogens with two attached hydrogens (primary N) is 1. The molecule has 0 spiro atoms. The third-order valence-electron chi connectivity index (χ3n) is 2.29. The maximum Gasteiger partial charge on any atom is 0.213 e. The Labute approximate surface area is 78.9 Å². The summed E-state index contributed by atoms with van der Waals surface area (Å²) in [4.78, 5) is 4.65. The van der Waals surface area contributed by atoms with Crippen LogP contribution in [-0.2, 0) is 14.9 Å². The molecule has 0 amide bonds. The minimum Gasteiger partial charge on any atom is -0.300 e. The summed E-state index contributed by atoms with van der Waals surface area (Å²) in [6.45, 7) is 2.63. The van der Waals surface area contributed by atoms with Gasteiger partial charge in [-0.3, -0.25) is 4.84 Å². The second kappa shape index (κ2) is 4.36. The van der Waals surface area contributed by atoms with E-state index >= 15 is 0 Å². The predicted molar refractivity (Wildman–Crippen MR) is 49.3 cm³/mol. The van der Waals surface area contributed by atoms with Crippen LogP contribution in [0.3, 0.4) is 0 Å². The van der Waals surface area contributed by atoms with E-state index in [0.29, 0.717) is 13.1 Å². The SMILES string of the molecule is CCS(=O)(=O)N1CCCC(ON)C1. The lowest BCUT2D eigenvalue weighted by molar-refractivity contribution is 0.0182. The molecule has 0 aromatic carbocycles. The van der Waals surface area contributed by atoms with Crippen molar-refractivity contribution in [2.24, 2.45) is 5.90 Å². The molecule has 13 heavy (non-hydrogen) atoms. The van der Waals surface area contributed by atoms with Crippen molar-refractivity contribution in [2.75, 3.05) is 18.8 Å². The van der Waals surface area contributed by atoms with Gasteiger partial charge in [0.05, 0.1) is 11.9 Å². The quantitative estimate of drug-likeness (QED) is 0.646. The van der Waals surface area contributed by atoms with Crippen molar-refractivity contribution in [2.45, 2.75) is 25.9 Å². The van der Waals surface area contributed by atoms with Crippen LogP contribution in [0.25, 0.3) is 0 Å². The first kappa shape index (κ1) is 10.9. The normalized spacial score (nSPS) is 26.2. The molecule has 78 valence electrons. The molecule has 1 heterocycles. The first-order chi connectivity index (χ1) is 6.10. The molecule has 0 aromatic rings. The molecule has 1 rings (SSSR count).